The fraction of sp³-hybridized carbons (Fsp3) is 0.611. The molecular formula is C18H32Cl2N2O5. The number of carbonyl (C=O) groups excluding carboxylic acids is 1. The number of aromatic hydroxyl groups is 1. The molecule has 7 nitrogen and oxygen atoms in total. The predicted octanol–water partition coefficient (Wildman–Crippen LogP) is 2.50. The third-order valence-electron chi connectivity index (χ3n) is 4.03. The number of hydrogen-bond donors (Lipinski definition) is 2. The van der Waals surface area contributed by atoms with Gasteiger partial charge >= 0.3 is 5.97 Å². The Labute approximate surface area is 173 Å². The molecule has 0 atom stereocenters. The van der Waals surface area contributed by atoms with Crippen molar-refractivity contribution in [1.29, 1.82) is 0 Å². The van der Waals surface area contributed by atoms with E-state index in [2.05, 4.69) is 17.1 Å². The predicted molar refractivity (Wildman–Crippen MR) is 112 cm³/mol. The van der Waals surface area contributed by atoms with Crippen LogP contribution < -0.4 is 5.32 Å². The number of morpholine rings is 1. The van der Waals surface area contributed by atoms with Crippen molar-refractivity contribution < 1.29 is 24.9 Å². The number of halogens is 2. The summed E-state index contributed by atoms with van der Waals surface area (Å²) in [5.41, 5.74) is 1.02. The number of rotatable bonds is 9. The molecule has 27 heavy (non-hydrogen) atoms. The molecule has 1 aromatic carbocycles. The third kappa shape index (κ3) is 10.0. The van der Waals surface area contributed by atoms with E-state index in [4.69, 9.17) is 9.47 Å². The van der Waals surface area contributed by atoms with E-state index in [0.29, 0.717) is 6.61 Å². The lowest BCUT2D eigenvalue weighted by molar-refractivity contribution is 0.0297. The molecule has 0 aliphatic carbocycles. The minimum atomic E-state index is -0.477. The average molecular weight is 427 g/mol. The summed E-state index contributed by atoms with van der Waals surface area (Å²) in [6, 6.07) is 4.97. The second kappa shape index (κ2) is 15.8. The Morgan fingerprint density at radius 2 is 1.96 bits per heavy atom. The lowest BCUT2D eigenvalue weighted by atomic mass is 10.2. The second-order valence-corrected chi connectivity index (χ2v) is 5.96. The standard InChI is InChI=1S/C18H28N2O4.2ClH.H2O/c1-2-3-7-19-15-5-6-16(17(21)14-15)18(22)24-11-4-8-20-9-12-23-13-10-20;;;/h5-6,14,19,21H,2-4,7-13H2,1H3;2*1H;1H2. The molecule has 0 unspecified atom stereocenters. The highest BCUT2D eigenvalue weighted by molar-refractivity contribution is 5.93. The zero-order valence-corrected chi connectivity index (χ0v) is 17.4. The number of hydrogen-bond acceptors (Lipinski definition) is 6. The molecule has 1 heterocycles. The van der Waals surface area contributed by atoms with E-state index in [0.717, 1.165) is 64.3 Å². The van der Waals surface area contributed by atoms with Gasteiger partial charge < -0.3 is 25.4 Å². The van der Waals surface area contributed by atoms with Crippen LogP contribution in [0.25, 0.3) is 0 Å². The molecule has 0 bridgehead atoms. The number of anilines is 1. The first-order valence-electron chi connectivity index (χ1n) is 8.75. The van der Waals surface area contributed by atoms with Gasteiger partial charge in [-0.3, -0.25) is 4.90 Å². The van der Waals surface area contributed by atoms with Crippen molar-refractivity contribution in [3.8, 4) is 5.75 Å². The molecule has 158 valence electrons. The van der Waals surface area contributed by atoms with Crippen molar-refractivity contribution in [2.75, 3.05) is 51.3 Å². The fourth-order valence-corrected chi connectivity index (χ4v) is 2.58. The molecule has 1 aliphatic heterocycles. The summed E-state index contributed by atoms with van der Waals surface area (Å²) in [5.74, 6) is -0.524. The van der Waals surface area contributed by atoms with Crippen LogP contribution in [0.1, 0.15) is 36.5 Å². The molecule has 1 aromatic rings. The summed E-state index contributed by atoms with van der Waals surface area (Å²) in [4.78, 5) is 14.3. The maximum atomic E-state index is 12.1. The minimum absolute atomic E-state index is 0. The molecule has 0 aromatic heterocycles. The normalized spacial score (nSPS) is 13.5. The maximum absolute atomic E-state index is 12.1. The average Bonchev–Trinajstić information content (AvgIpc) is 2.60. The number of nitrogens with zero attached hydrogens (tertiary/aromatic N) is 1. The van der Waals surface area contributed by atoms with Gasteiger partial charge in [-0.25, -0.2) is 4.79 Å². The van der Waals surface area contributed by atoms with Crippen molar-refractivity contribution in [3.05, 3.63) is 23.8 Å². The summed E-state index contributed by atoms with van der Waals surface area (Å²) < 4.78 is 10.6. The molecular weight excluding hydrogens is 395 g/mol. The molecule has 2 rings (SSSR count). The van der Waals surface area contributed by atoms with Crippen LogP contribution in [0.3, 0.4) is 0 Å². The number of esters is 1. The van der Waals surface area contributed by atoms with Gasteiger partial charge in [-0.15, -0.1) is 24.8 Å². The Morgan fingerprint density at radius 3 is 2.59 bits per heavy atom. The molecule has 0 spiro atoms. The van der Waals surface area contributed by atoms with Gasteiger partial charge in [0.2, 0.25) is 0 Å². The molecule has 9 heteroatoms. The van der Waals surface area contributed by atoms with Crippen LogP contribution in [0.5, 0.6) is 5.75 Å². The highest BCUT2D eigenvalue weighted by Crippen LogP contribution is 2.23. The largest absolute Gasteiger partial charge is 0.507 e. The summed E-state index contributed by atoms with van der Waals surface area (Å²) in [7, 11) is 0. The van der Waals surface area contributed by atoms with E-state index < -0.39 is 5.97 Å². The summed E-state index contributed by atoms with van der Waals surface area (Å²) in [6.07, 6.45) is 2.95. The third-order valence-corrected chi connectivity index (χ3v) is 4.03. The second-order valence-electron chi connectivity index (χ2n) is 5.96. The summed E-state index contributed by atoms with van der Waals surface area (Å²) in [6.45, 7) is 7.62. The van der Waals surface area contributed by atoms with E-state index in [1.165, 1.54) is 0 Å². The van der Waals surface area contributed by atoms with Crippen molar-refractivity contribution in [3.63, 3.8) is 0 Å². The van der Waals surface area contributed by atoms with Crippen molar-refractivity contribution >= 4 is 36.5 Å². The number of phenolic OH excluding ortho intramolecular Hbond substituents is 1. The monoisotopic (exact) mass is 426 g/mol. The van der Waals surface area contributed by atoms with Crippen LogP contribution in [0.4, 0.5) is 5.69 Å². The zero-order chi connectivity index (χ0) is 17.2. The number of carbonyl (C=O) groups is 1. The van der Waals surface area contributed by atoms with Gasteiger partial charge in [0.05, 0.1) is 19.8 Å². The Hall–Kier alpha value is -1.25. The molecule has 0 amide bonds. The van der Waals surface area contributed by atoms with Gasteiger partial charge in [0.15, 0.2) is 0 Å². The number of nitrogens with one attached hydrogen (secondary N) is 1. The van der Waals surface area contributed by atoms with Gasteiger partial charge in [0.1, 0.15) is 11.3 Å². The van der Waals surface area contributed by atoms with Gasteiger partial charge in [0, 0.05) is 37.9 Å². The van der Waals surface area contributed by atoms with Crippen LogP contribution >= 0.6 is 24.8 Å². The zero-order valence-electron chi connectivity index (χ0n) is 15.7. The first-order chi connectivity index (χ1) is 11.7. The molecule has 0 radical (unpaired) electrons. The minimum Gasteiger partial charge on any atom is -0.507 e. The SMILES string of the molecule is CCCCNc1ccc(C(=O)OCCCN2CCOCC2)c(O)c1.Cl.Cl.O. The first-order valence-corrected chi connectivity index (χ1v) is 8.75. The number of ether oxygens (including phenoxy) is 2. The van der Waals surface area contributed by atoms with Gasteiger partial charge in [-0.1, -0.05) is 13.3 Å². The molecule has 4 N–H and O–H groups in total. The number of phenols is 1. The fourth-order valence-electron chi connectivity index (χ4n) is 2.58. The first kappa shape index (κ1) is 28.0. The van der Waals surface area contributed by atoms with Crippen LogP contribution in [0.2, 0.25) is 0 Å². The lowest BCUT2D eigenvalue weighted by Gasteiger charge is -2.26. The van der Waals surface area contributed by atoms with Crippen molar-refractivity contribution in [1.82, 2.24) is 4.90 Å². The van der Waals surface area contributed by atoms with E-state index in [-0.39, 0.29) is 41.6 Å². The van der Waals surface area contributed by atoms with Crippen LogP contribution in [-0.4, -0.2) is 67.5 Å². The Kier molecular flexibility index (Phi) is 16.3. The quantitative estimate of drug-likeness (QED) is 0.464. The smallest absolute Gasteiger partial charge is 0.341 e. The number of benzene rings is 1. The lowest BCUT2D eigenvalue weighted by Crippen LogP contribution is -2.37. The van der Waals surface area contributed by atoms with E-state index in [9.17, 15) is 9.90 Å². The Bertz CT molecular complexity index is 528. The topological polar surface area (TPSA) is 103 Å². The van der Waals surface area contributed by atoms with E-state index >= 15 is 0 Å². The van der Waals surface area contributed by atoms with Crippen LogP contribution in [0.15, 0.2) is 18.2 Å². The van der Waals surface area contributed by atoms with Crippen LogP contribution in [-0.2, 0) is 9.47 Å². The van der Waals surface area contributed by atoms with Gasteiger partial charge in [-0.05, 0) is 25.0 Å². The van der Waals surface area contributed by atoms with E-state index in [1.54, 1.807) is 18.2 Å². The molecule has 0 saturated carbocycles. The molecule has 1 fully saturated rings. The maximum Gasteiger partial charge on any atom is 0.341 e. The number of unbranched alkanes of at least 4 members (excludes halogenated alkanes) is 1. The summed E-state index contributed by atoms with van der Waals surface area (Å²) >= 11 is 0. The Balaban J connectivity index is 0. The van der Waals surface area contributed by atoms with Crippen molar-refractivity contribution in [2.24, 2.45) is 0 Å². The molecule has 1 saturated heterocycles. The summed E-state index contributed by atoms with van der Waals surface area (Å²) in [5, 5.41) is 13.2. The highest BCUT2D eigenvalue weighted by atomic mass is 35.5. The molecule has 1 aliphatic rings. The van der Waals surface area contributed by atoms with Crippen molar-refractivity contribution in [2.45, 2.75) is 26.2 Å². The Morgan fingerprint density at radius 1 is 1.26 bits per heavy atom. The highest BCUT2D eigenvalue weighted by Gasteiger charge is 2.14. The van der Waals surface area contributed by atoms with Crippen LogP contribution in [0, 0.1) is 0 Å². The van der Waals surface area contributed by atoms with Gasteiger partial charge in [-0.2, -0.15) is 0 Å². The van der Waals surface area contributed by atoms with E-state index in [1.807, 2.05) is 0 Å². The van der Waals surface area contributed by atoms with Gasteiger partial charge in [0.25, 0.3) is 0 Å².